The van der Waals surface area contributed by atoms with Crippen LogP contribution in [0.1, 0.15) is 17.7 Å². The highest BCUT2D eigenvalue weighted by molar-refractivity contribution is 5.42. The van der Waals surface area contributed by atoms with E-state index in [1.54, 1.807) is 6.07 Å². The van der Waals surface area contributed by atoms with E-state index in [1.165, 1.54) is 0 Å². The summed E-state index contributed by atoms with van der Waals surface area (Å²) in [4.78, 5) is 12.5. The van der Waals surface area contributed by atoms with Crippen LogP contribution in [0.5, 0.6) is 0 Å². The third-order valence-electron chi connectivity index (χ3n) is 1.43. The average Bonchev–Trinajstić information content (AvgIpc) is 2.16. The van der Waals surface area contributed by atoms with Crippen LogP contribution in [-0.2, 0) is 0 Å². The topological polar surface area (TPSA) is 79.8 Å². The molecule has 5 nitrogen and oxygen atoms in total. The Kier molecular flexibility index (Phi) is 2.67. The van der Waals surface area contributed by atoms with E-state index in [9.17, 15) is 18.9 Å². The van der Waals surface area contributed by atoms with Gasteiger partial charge in [0.1, 0.15) is 6.07 Å². The van der Waals surface area contributed by atoms with Gasteiger partial charge in [-0.15, -0.1) is 0 Å². The van der Waals surface area contributed by atoms with Gasteiger partial charge in [0.25, 0.3) is 12.1 Å². The third kappa shape index (κ3) is 1.80. The number of rotatable bonds is 2. The Morgan fingerprint density at radius 2 is 2.29 bits per heavy atom. The summed E-state index contributed by atoms with van der Waals surface area (Å²) in [5.74, 6) is 0. The lowest BCUT2D eigenvalue weighted by Gasteiger charge is -1.99. The van der Waals surface area contributed by atoms with Crippen molar-refractivity contribution in [3.05, 3.63) is 33.6 Å². The molecule has 0 saturated heterocycles. The third-order valence-corrected chi connectivity index (χ3v) is 1.43. The number of halogens is 2. The Morgan fingerprint density at radius 3 is 2.71 bits per heavy atom. The molecule has 72 valence electrons. The van der Waals surface area contributed by atoms with E-state index in [4.69, 9.17) is 5.26 Å². The van der Waals surface area contributed by atoms with Gasteiger partial charge in [-0.25, -0.2) is 13.8 Å². The standard InChI is InChI=1S/C7H3F2N3O2/c8-7(9)6-5(12(13)14)1-4(2-10)3-11-6/h1,3,7H. The fourth-order valence-corrected chi connectivity index (χ4v) is 0.839. The Bertz CT molecular complexity index is 414. The molecule has 1 aromatic rings. The zero-order valence-electron chi connectivity index (χ0n) is 6.65. The first kappa shape index (κ1) is 9.98. The van der Waals surface area contributed by atoms with E-state index in [0.29, 0.717) is 0 Å². The van der Waals surface area contributed by atoms with Crippen molar-refractivity contribution in [3.8, 4) is 6.07 Å². The van der Waals surface area contributed by atoms with Gasteiger partial charge in [-0.3, -0.25) is 10.1 Å². The van der Waals surface area contributed by atoms with E-state index >= 15 is 0 Å². The summed E-state index contributed by atoms with van der Waals surface area (Å²) in [6, 6.07) is 2.35. The molecule has 0 fully saturated rings. The van der Waals surface area contributed by atoms with Crippen LogP contribution in [0.25, 0.3) is 0 Å². The largest absolute Gasteiger partial charge is 0.297 e. The number of pyridine rings is 1. The second-order valence-electron chi connectivity index (χ2n) is 2.30. The van der Waals surface area contributed by atoms with E-state index in [-0.39, 0.29) is 5.56 Å². The number of aromatic nitrogens is 1. The summed E-state index contributed by atoms with van der Waals surface area (Å²) >= 11 is 0. The maximum atomic E-state index is 12.2. The maximum absolute atomic E-state index is 12.2. The number of alkyl halides is 2. The lowest BCUT2D eigenvalue weighted by Crippen LogP contribution is -1.99. The molecule has 0 aliphatic heterocycles. The molecule has 0 aliphatic carbocycles. The second-order valence-corrected chi connectivity index (χ2v) is 2.30. The van der Waals surface area contributed by atoms with Crippen molar-refractivity contribution < 1.29 is 13.7 Å². The number of hydrogen-bond donors (Lipinski definition) is 0. The highest BCUT2D eigenvalue weighted by Crippen LogP contribution is 2.26. The molecule has 7 heteroatoms. The maximum Gasteiger partial charge on any atom is 0.297 e. The molecular weight excluding hydrogens is 196 g/mol. The minimum atomic E-state index is -3.02. The SMILES string of the molecule is N#Cc1cnc(C(F)F)c([N+](=O)[O-])c1. The molecule has 0 N–H and O–H groups in total. The van der Waals surface area contributed by atoms with E-state index in [1.807, 2.05) is 0 Å². The molecule has 0 aromatic carbocycles. The second kappa shape index (κ2) is 3.74. The molecule has 0 unspecified atom stereocenters. The van der Waals surface area contributed by atoms with Gasteiger partial charge in [0.2, 0.25) is 0 Å². The first-order valence-electron chi connectivity index (χ1n) is 3.39. The van der Waals surface area contributed by atoms with Gasteiger partial charge >= 0.3 is 0 Å². The monoisotopic (exact) mass is 199 g/mol. The van der Waals surface area contributed by atoms with Crippen LogP contribution in [0.2, 0.25) is 0 Å². The Hall–Kier alpha value is -2.10. The van der Waals surface area contributed by atoms with Crippen LogP contribution in [-0.4, -0.2) is 9.91 Å². The van der Waals surface area contributed by atoms with Crippen LogP contribution in [0.3, 0.4) is 0 Å². The van der Waals surface area contributed by atoms with Crippen molar-refractivity contribution in [3.63, 3.8) is 0 Å². The summed E-state index contributed by atoms with van der Waals surface area (Å²) < 4.78 is 24.3. The van der Waals surface area contributed by atoms with Gasteiger partial charge in [-0.1, -0.05) is 0 Å². The molecular formula is C7H3F2N3O2. The Labute approximate surface area is 76.8 Å². The lowest BCUT2D eigenvalue weighted by molar-refractivity contribution is -0.386. The highest BCUT2D eigenvalue weighted by atomic mass is 19.3. The van der Waals surface area contributed by atoms with Gasteiger partial charge in [0.15, 0.2) is 5.69 Å². The molecule has 0 saturated carbocycles. The number of nitrogens with zero attached hydrogens (tertiary/aromatic N) is 3. The quantitative estimate of drug-likeness (QED) is 0.537. The summed E-state index contributed by atoms with van der Waals surface area (Å²) in [5.41, 5.74) is -1.88. The molecule has 1 aromatic heterocycles. The average molecular weight is 199 g/mol. The predicted molar refractivity (Wildman–Crippen MR) is 40.6 cm³/mol. The first-order valence-corrected chi connectivity index (χ1v) is 3.39. The predicted octanol–water partition coefficient (Wildman–Crippen LogP) is 1.80. The number of nitriles is 1. The van der Waals surface area contributed by atoms with Crippen molar-refractivity contribution in [2.45, 2.75) is 6.43 Å². The molecule has 0 bridgehead atoms. The van der Waals surface area contributed by atoms with Crippen molar-refractivity contribution >= 4 is 5.69 Å². The summed E-state index contributed by atoms with van der Waals surface area (Å²) in [6.45, 7) is 0. The fraction of sp³-hybridized carbons (Fsp3) is 0.143. The van der Waals surface area contributed by atoms with Crippen LogP contribution >= 0.6 is 0 Å². The molecule has 0 aliphatic rings. The number of nitro groups is 1. The first-order chi connectivity index (χ1) is 6.56. The van der Waals surface area contributed by atoms with Crippen LogP contribution in [0.4, 0.5) is 14.5 Å². The summed E-state index contributed by atoms with van der Waals surface area (Å²) in [6.07, 6.45) is -2.16. The molecule has 0 spiro atoms. The van der Waals surface area contributed by atoms with Gasteiger partial charge < -0.3 is 0 Å². The van der Waals surface area contributed by atoms with E-state index in [2.05, 4.69) is 4.98 Å². The van der Waals surface area contributed by atoms with Gasteiger partial charge in [0, 0.05) is 12.3 Å². The van der Waals surface area contributed by atoms with Crippen molar-refractivity contribution in [1.29, 1.82) is 5.26 Å². The van der Waals surface area contributed by atoms with Crippen LogP contribution in [0, 0.1) is 21.4 Å². The molecule has 14 heavy (non-hydrogen) atoms. The lowest BCUT2D eigenvalue weighted by atomic mass is 10.2. The Morgan fingerprint density at radius 1 is 1.64 bits per heavy atom. The van der Waals surface area contributed by atoms with Gasteiger partial charge in [-0.05, 0) is 0 Å². The normalized spacial score (nSPS) is 9.86. The smallest absolute Gasteiger partial charge is 0.258 e. The van der Waals surface area contributed by atoms with Gasteiger partial charge in [0.05, 0.1) is 10.5 Å². The van der Waals surface area contributed by atoms with Crippen molar-refractivity contribution in [2.24, 2.45) is 0 Å². The molecule has 0 amide bonds. The van der Waals surface area contributed by atoms with Gasteiger partial charge in [-0.2, -0.15) is 5.26 Å². The number of hydrogen-bond acceptors (Lipinski definition) is 4. The zero-order chi connectivity index (χ0) is 10.7. The molecule has 1 heterocycles. The Balaban J connectivity index is 3.33. The highest BCUT2D eigenvalue weighted by Gasteiger charge is 2.23. The van der Waals surface area contributed by atoms with Crippen molar-refractivity contribution in [2.75, 3.05) is 0 Å². The van der Waals surface area contributed by atoms with Crippen LogP contribution in [0.15, 0.2) is 12.3 Å². The zero-order valence-corrected chi connectivity index (χ0v) is 6.65. The van der Waals surface area contributed by atoms with Crippen LogP contribution < -0.4 is 0 Å². The molecule has 0 atom stereocenters. The minimum Gasteiger partial charge on any atom is -0.258 e. The minimum absolute atomic E-state index is 0.124. The summed E-state index contributed by atoms with van der Waals surface area (Å²) in [5, 5.41) is 18.7. The van der Waals surface area contributed by atoms with E-state index < -0.39 is 22.7 Å². The van der Waals surface area contributed by atoms with E-state index in [0.717, 1.165) is 12.3 Å². The molecule has 1 rings (SSSR count). The molecule has 0 radical (unpaired) electrons. The fourth-order valence-electron chi connectivity index (χ4n) is 0.839. The van der Waals surface area contributed by atoms with Crippen molar-refractivity contribution in [1.82, 2.24) is 4.98 Å². The summed E-state index contributed by atoms with van der Waals surface area (Å²) in [7, 11) is 0.